The van der Waals surface area contributed by atoms with Crippen molar-refractivity contribution in [2.24, 2.45) is 0 Å². The zero-order chi connectivity index (χ0) is 22.4. The number of nitrogens with one attached hydrogen (secondary N) is 1. The molecule has 0 amide bonds. The molecule has 160 valence electrons. The number of hydrogen-bond donors (Lipinski definition) is 1. The number of hydrogen-bond acceptors (Lipinski definition) is 6. The van der Waals surface area contributed by atoms with Crippen molar-refractivity contribution >= 4 is 39.7 Å². The predicted octanol–water partition coefficient (Wildman–Crippen LogP) is 5.64. The second-order valence-corrected chi connectivity index (χ2v) is 8.00. The fourth-order valence-electron chi connectivity index (χ4n) is 3.17. The predicted molar refractivity (Wildman–Crippen MR) is 127 cm³/mol. The molecule has 0 saturated heterocycles. The molecule has 0 saturated carbocycles. The molecule has 1 atom stereocenters. The number of rotatable bonds is 9. The highest BCUT2D eigenvalue weighted by atomic mass is 127. The minimum absolute atomic E-state index is 0.0227. The first kappa shape index (κ1) is 22.5. The molecule has 31 heavy (non-hydrogen) atoms. The number of nitro benzene ring substituents is 1. The van der Waals surface area contributed by atoms with Crippen LogP contribution in [0, 0.1) is 13.7 Å². The maximum absolute atomic E-state index is 13.1. The van der Waals surface area contributed by atoms with Gasteiger partial charge in [-0.05, 0) is 70.6 Å². The van der Waals surface area contributed by atoms with Gasteiger partial charge in [0.15, 0.2) is 17.3 Å². The summed E-state index contributed by atoms with van der Waals surface area (Å²) in [6.45, 7) is 0. The standard InChI is InChI=1S/C23H21IN2O5/c1-30-22-11-6-16(13-23(22)31-2)21(27)14-20(25-18-9-7-17(24)8-10-18)15-4-3-5-19(12-15)26(28)29/h3-13,20,25H,14H2,1-2H3. The van der Waals surface area contributed by atoms with Crippen LogP contribution in [0.1, 0.15) is 28.4 Å². The van der Waals surface area contributed by atoms with Crippen molar-refractivity contribution in [1.82, 2.24) is 0 Å². The number of nitrogens with zero attached hydrogens (tertiary/aromatic N) is 1. The van der Waals surface area contributed by atoms with E-state index in [0.29, 0.717) is 22.6 Å². The van der Waals surface area contributed by atoms with E-state index in [-0.39, 0.29) is 17.9 Å². The summed E-state index contributed by atoms with van der Waals surface area (Å²) < 4.78 is 11.6. The summed E-state index contributed by atoms with van der Waals surface area (Å²) in [4.78, 5) is 23.9. The minimum atomic E-state index is -0.458. The van der Waals surface area contributed by atoms with Crippen LogP contribution in [0.3, 0.4) is 0 Å². The summed E-state index contributed by atoms with van der Waals surface area (Å²) in [6, 6.07) is 18.6. The number of anilines is 1. The summed E-state index contributed by atoms with van der Waals surface area (Å²) in [6.07, 6.45) is 0.0998. The first-order chi connectivity index (χ1) is 14.9. The number of Topliss-reactive ketones (excluding diaryl/α,β-unsaturated/α-hetero) is 1. The fraction of sp³-hybridized carbons (Fsp3) is 0.174. The summed E-state index contributed by atoms with van der Waals surface area (Å²) >= 11 is 2.21. The highest BCUT2D eigenvalue weighted by molar-refractivity contribution is 14.1. The number of non-ortho nitro benzene ring substituents is 1. The molecule has 3 aromatic rings. The molecule has 3 rings (SSSR count). The molecule has 8 heteroatoms. The zero-order valence-electron chi connectivity index (χ0n) is 17.0. The van der Waals surface area contributed by atoms with Gasteiger partial charge >= 0.3 is 0 Å². The number of benzene rings is 3. The molecule has 3 aromatic carbocycles. The van der Waals surface area contributed by atoms with E-state index in [0.717, 1.165) is 9.26 Å². The Hall–Kier alpha value is -3.14. The van der Waals surface area contributed by atoms with Crippen LogP contribution in [0.5, 0.6) is 11.5 Å². The zero-order valence-corrected chi connectivity index (χ0v) is 19.2. The van der Waals surface area contributed by atoms with Crippen molar-refractivity contribution in [2.75, 3.05) is 19.5 Å². The van der Waals surface area contributed by atoms with Gasteiger partial charge in [-0.15, -0.1) is 0 Å². The molecule has 0 bridgehead atoms. The first-order valence-electron chi connectivity index (χ1n) is 9.43. The van der Waals surface area contributed by atoms with Gasteiger partial charge in [-0.3, -0.25) is 14.9 Å². The SMILES string of the molecule is COc1ccc(C(=O)CC(Nc2ccc(I)cc2)c2cccc([N+](=O)[O-])c2)cc1OC. The monoisotopic (exact) mass is 532 g/mol. The van der Waals surface area contributed by atoms with Crippen molar-refractivity contribution in [3.8, 4) is 11.5 Å². The van der Waals surface area contributed by atoms with Crippen LogP contribution in [0.2, 0.25) is 0 Å². The van der Waals surface area contributed by atoms with E-state index in [9.17, 15) is 14.9 Å². The Bertz CT molecular complexity index is 1090. The van der Waals surface area contributed by atoms with Crippen LogP contribution in [0.25, 0.3) is 0 Å². The molecule has 0 aliphatic heterocycles. The van der Waals surface area contributed by atoms with Gasteiger partial charge < -0.3 is 14.8 Å². The van der Waals surface area contributed by atoms with Crippen molar-refractivity contribution in [2.45, 2.75) is 12.5 Å². The van der Waals surface area contributed by atoms with Gasteiger partial charge in [0.1, 0.15) is 0 Å². The molecule has 1 unspecified atom stereocenters. The molecule has 0 spiro atoms. The molecule has 0 aliphatic rings. The van der Waals surface area contributed by atoms with Gasteiger partial charge in [0.2, 0.25) is 0 Å². The number of ketones is 1. The topological polar surface area (TPSA) is 90.7 Å². The van der Waals surface area contributed by atoms with Crippen LogP contribution < -0.4 is 14.8 Å². The fourth-order valence-corrected chi connectivity index (χ4v) is 3.53. The summed E-state index contributed by atoms with van der Waals surface area (Å²) in [5, 5.41) is 14.6. The third kappa shape index (κ3) is 5.72. The van der Waals surface area contributed by atoms with E-state index in [1.54, 1.807) is 30.3 Å². The number of carbonyl (C=O) groups is 1. The lowest BCUT2D eigenvalue weighted by Crippen LogP contribution is -2.16. The smallest absolute Gasteiger partial charge is 0.269 e. The molecule has 0 fully saturated rings. The lowest BCUT2D eigenvalue weighted by atomic mass is 9.97. The largest absolute Gasteiger partial charge is 0.493 e. The molecule has 7 nitrogen and oxygen atoms in total. The van der Waals surface area contributed by atoms with Gasteiger partial charge in [0.05, 0.1) is 25.2 Å². The van der Waals surface area contributed by atoms with Gasteiger partial charge in [0, 0.05) is 33.4 Å². The highest BCUT2D eigenvalue weighted by Crippen LogP contribution is 2.31. The highest BCUT2D eigenvalue weighted by Gasteiger charge is 2.20. The Kier molecular flexibility index (Phi) is 7.45. The summed E-state index contributed by atoms with van der Waals surface area (Å²) in [5.74, 6) is 0.868. The Balaban J connectivity index is 1.92. The van der Waals surface area contributed by atoms with Gasteiger partial charge in [-0.2, -0.15) is 0 Å². The Morgan fingerprint density at radius 2 is 1.74 bits per heavy atom. The second kappa shape index (κ2) is 10.3. The van der Waals surface area contributed by atoms with E-state index in [1.165, 1.54) is 26.4 Å². The Morgan fingerprint density at radius 3 is 2.39 bits per heavy atom. The quantitative estimate of drug-likeness (QED) is 0.166. The average molecular weight is 532 g/mol. The summed E-state index contributed by atoms with van der Waals surface area (Å²) in [7, 11) is 3.04. The van der Waals surface area contributed by atoms with E-state index >= 15 is 0 Å². The van der Waals surface area contributed by atoms with Crippen LogP contribution in [0.15, 0.2) is 66.7 Å². The minimum Gasteiger partial charge on any atom is -0.493 e. The van der Waals surface area contributed by atoms with Gasteiger partial charge in [-0.1, -0.05) is 12.1 Å². The summed E-state index contributed by atoms with van der Waals surface area (Å²) in [5.41, 5.74) is 1.92. The molecular weight excluding hydrogens is 511 g/mol. The van der Waals surface area contributed by atoms with Crippen LogP contribution in [-0.4, -0.2) is 24.9 Å². The number of carbonyl (C=O) groups excluding carboxylic acids is 1. The van der Waals surface area contributed by atoms with Crippen LogP contribution in [0.4, 0.5) is 11.4 Å². The van der Waals surface area contributed by atoms with Crippen molar-refractivity contribution < 1.29 is 19.2 Å². The molecule has 1 N–H and O–H groups in total. The van der Waals surface area contributed by atoms with Gasteiger partial charge in [0.25, 0.3) is 5.69 Å². The molecular formula is C23H21IN2O5. The molecule has 0 aliphatic carbocycles. The third-order valence-electron chi connectivity index (χ3n) is 4.76. The number of halogens is 1. The number of methoxy groups -OCH3 is 2. The normalized spacial score (nSPS) is 11.5. The van der Waals surface area contributed by atoms with Crippen LogP contribution >= 0.6 is 22.6 Å². The van der Waals surface area contributed by atoms with Crippen LogP contribution in [-0.2, 0) is 0 Å². The van der Waals surface area contributed by atoms with E-state index in [4.69, 9.17) is 9.47 Å². The van der Waals surface area contributed by atoms with Crippen molar-refractivity contribution in [3.05, 3.63) is 91.5 Å². The van der Waals surface area contributed by atoms with E-state index in [2.05, 4.69) is 27.9 Å². The first-order valence-corrected chi connectivity index (χ1v) is 10.5. The van der Waals surface area contributed by atoms with Gasteiger partial charge in [-0.25, -0.2) is 0 Å². The van der Waals surface area contributed by atoms with E-state index in [1.807, 2.05) is 24.3 Å². The molecule has 0 aromatic heterocycles. The third-order valence-corrected chi connectivity index (χ3v) is 5.48. The second-order valence-electron chi connectivity index (χ2n) is 6.75. The van der Waals surface area contributed by atoms with Crippen molar-refractivity contribution in [3.63, 3.8) is 0 Å². The van der Waals surface area contributed by atoms with Crippen molar-refractivity contribution in [1.29, 1.82) is 0 Å². The Labute approximate surface area is 193 Å². The van der Waals surface area contributed by atoms with E-state index < -0.39 is 11.0 Å². The molecule has 0 heterocycles. The average Bonchev–Trinajstić information content (AvgIpc) is 2.79. The molecule has 0 radical (unpaired) electrons. The Morgan fingerprint density at radius 1 is 1.03 bits per heavy atom. The number of nitro groups is 1. The lowest BCUT2D eigenvalue weighted by Gasteiger charge is -2.20. The maximum atomic E-state index is 13.1. The lowest BCUT2D eigenvalue weighted by molar-refractivity contribution is -0.384. The number of ether oxygens (including phenoxy) is 2. The maximum Gasteiger partial charge on any atom is 0.269 e.